The van der Waals surface area contributed by atoms with Crippen LogP contribution in [0.5, 0.6) is 0 Å². The molecule has 0 aliphatic heterocycles. The Kier molecular flexibility index (Phi) is 12.7. The van der Waals surface area contributed by atoms with Crippen molar-refractivity contribution in [2.75, 3.05) is 0 Å². The number of rotatable bonds is 0. The van der Waals surface area contributed by atoms with Gasteiger partial charge in [0.15, 0.2) is 24.8 Å². The molecule has 144 valence electrons. The number of nitrogens with one attached hydrogen (secondary N) is 2. The number of pyridine rings is 2. The van der Waals surface area contributed by atoms with E-state index in [0.29, 0.717) is 0 Å². The maximum Gasteiger partial charge on any atom is 0.430 e. The molecular formula is C14H12F6N2O4. The minimum absolute atomic E-state index is 1.88. The predicted octanol–water partition coefficient (Wildman–Crippen LogP) is -0.401. The SMILES string of the molecule is O=C([O-])C(F)(F)F.O=C([O-])C(F)(F)F.c1cc[nH+]cc1.c1cc[nH+]cc1. The molecule has 0 saturated carbocycles. The summed E-state index contributed by atoms with van der Waals surface area (Å²) in [5, 5.41) is 17.6. The number of aromatic nitrogens is 2. The zero-order chi connectivity index (χ0) is 20.6. The molecule has 0 spiro atoms. The van der Waals surface area contributed by atoms with E-state index in [4.69, 9.17) is 19.8 Å². The van der Waals surface area contributed by atoms with Crippen molar-refractivity contribution in [1.82, 2.24) is 0 Å². The van der Waals surface area contributed by atoms with Gasteiger partial charge < -0.3 is 19.8 Å². The van der Waals surface area contributed by atoms with Gasteiger partial charge in [0.05, 0.1) is 0 Å². The molecule has 12 heteroatoms. The van der Waals surface area contributed by atoms with Crippen LogP contribution in [0.15, 0.2) is 61.2 Å². The van der Waals surface area contributed by atoms with Crippen molar-refractivity contribution in [3.05, 3.63) is 61.2 Å². The molecule has 2 heterocycles. The lowest BCUT2D eigenvalue weighted by atomic mass is 10.5. The number of halogens is 6. The van der Waals surface area contributed by atoms with Crippen molar-refractivity contribution < 1.29 is 56.1 Å². The van der Waals surface area contributed by atoms with Crippen LogP contribution in [0.2, 0.25) is 0 Å². The Balaban J connectivity index is 0. The maximum absolute atomic E-state index is 10.5. The summed E-state index contributed by atoms with van der Waals surface area (Å²) in [7, 11) is 0. The van der Waals surface area contributed by atoms with E-state index >= 15 is 0 Å². The summed E-state index contributed by atoms with van der Waals surface area (Å²) in [5.41, 5.74) is 0. The van der Waals surface area contributed by atoms with Crippen LogP contribution in [0, 0.1) is 0 Å². The molecule has 2 rings (SSSR count). The summed E-state index contributed by atoms with van der Waals surface area (Å²) in [6.07, 6.45) is -2.89. The summed E-state index contributed by atoms with van der Waals surface area (Å²) in [5.74, 6) is -6.01. The van der Waals surface area contributed by atoms with Gasteiger partial charge in [0.2, 0.25) is 0 Å². The second-order valence-corrected chi connectivity index (χ2v) is 3.73. The summed E-state index contributed by atoms with van der Waals surface area (Å²) in [6, 6.07) is 11.7. The molecule has 0 saturated heterocycles. The lowest BCUT2D eigenvalue weighted by Gasteiger charge is -2.03. The highest BCUT2D eigenvalue weighted by Crippen LogP contribution is 2.12. The third-order valence-electron chi connectivity index (χ3n) is 1.68. The minimum atomic E-state index is -5.19. The third kappa shape index (κ3) is 18.9. The first-order chi connectivity index (χ1) is 11.9. The topological polar surface area (TPSA) is 109 Å². The first kappa shape index (κ1) is 25.1. The summed E-state index contributed by atoms with van der Waals surface area (Å²) in [6.45, 7) is 0. The van der Waals surface area contributed by atoms with Crippen LogP contribution < -0.4 is 20.2 Å². The van der Waals surface area contributed by atoms with Crippen molar-refractivity contribution in [1.29, 1.82) is 0 Å². The fraction of sp³-hybridized carbons (Fsp3) is 0.143. The van der Waals surface area contributed by atoms with Crippen LogP contribution in [-0.2, 0) is 9.59 Å². The number of alkyl halides is 6. The number of hydrogen-bond acceptors (Lipinski definition) is 4. The summed E-state index contributed by atoms with van der Waals surface area (Å²) in [4.78, 5) is 23.4. The zero-order valence-electron chi connectivity index (χ0n) is 12.7. The lowest BCUT2D eigenvalue weighted by Crippen LogP contribution is -2.37. The number of carboxylic acids is 2. The Morgan fingerprint density at radius 1 is 0.577 bits per heavy atom. The molecule has 6 nitrogen and oxygen atoms in total. The Labute approximate surface area is 142 Å². The zero-order valence-corrected chi connectivity index (χ0v) is 12.7. The maximum atomic E-state index is 10.5. The van der Waals surface area contributed by atoms with E-state index in [1.807, 2.05) is 61.2 Å². The Bertz CT molecular complexity index is 497. The molecule has 0 aliphatic carbocycles. The quantitative estimate of drug-likeness (QED) is 0.574. The average Bonchev–Trinajstić information content (AvgIpc) is 2.58. The molecule has 0 bridgehead atoms. The first-order valence-corrected chi connectivity index (χ1v) is 6.27. The van der Waals surface area contributed by atoms with E-state index in [0.717, 1.165) is 0 Å². The molecule has 0 aliphatic rings. The van der Waals surface area contributed by atoms with Crippen molar-refractivity contribution >= 4 is 11.9 Å². The van der Waals surface area contributed by atoms with Crippen molar-refractivity contribution in [3.63, 3.8) is 0 Å². The molecule has 0 aromatic carbocycles. The molecule has 0 fully saturated rings. The second kappa shape index (κ2) is 13.1. The lowest BCUT2D eigenvalue weighted by molar-refractivity contribution is -0.378. The predicted molar refractivity (Wildman–Crippen MR) is 68.1 cm³/mol. The van der Waals surface area contributed by atoms with Crippen LogP contribution in [0.3, 0.4) is 0 Å². The number of aromatic amines is 2. The van der Waals surface area contributed by atoms with Crippen molar-refractivity contribution in [2.45, 2.75) is 12.4 Å². The molecule has 2 N–H and O–H groups in total. The third-order valence-corrected chi connectivity index (χ3v) is 1.68. The molecule has 2 aromatic heterocycles. The van der Waals surface area contributed by atoms with Gasteiger partial charge in [0.1, 0.15) is 11.9 Å². The van der Waals surface area contributed by atoms with Crippen LogP contribution in [0.1, 0.15) is 0 Å². The van der Waals surface area contributed by atoms with Gasteiger partial charge in [0.25, 0.3) is 0 Å². The molecule has 26 heavy (non-hydrogen) atoms. The number of carboxylic acid groups (broad SMARTS) is 2. The second-order valence-electron chi connectivity index (χ2n) is 3.73. The van der Waals surface area contributed by atoms with E-state index in [1.54, 1.807) is 0 Å². The molecule has 2 aromatic rings. The summed E-state index contributed by atoms with van der Waals surface area (Å²) < 4.78 is 63.1. The van der Waals surface area contributed by atoms with Crippen LogP contribution >= 0.6 is 0 Å². The van der Waals surface area contributed by atoms with E-state index in [-0.39, 0.29) is 0 Å². The van der Waals surface area contributed by atoms with Gasteiger partial charge in [-0.3, -0.25) is 0 Å². The largest absolute Gasteiger partial charge is 0.542 e. The van der Waals surface area contributed by atoms with Gasteiger partial charge in [-0.25, -0.2) is 9.97 Å². The standard InChI is InChI=1S/2C5H5N.2C2HF3O2/c2*1-2-4-6-5-3-1;2*3-2(4,5)1(6)7/h2*1-5H;2*(H,6,7). The van der Waals surface area contributed by atoms with Crippen molar-refractivity contribution in [3.8, 4) is 0 Å². The van der Waals surface area contributed by atoms with Crippen LogP contribution in [0.25, 0.3) is 0 Å². The van der Waals surface area contributed by atoms with Crippen molar-refractivity contribution in [2.24, 2.45) is 0 Å². The average molecular weight is 386 g/mol. The van der Waals surface area contributed by atoms with Gasteiger partial charge in [0, 0.05) is 24.3 Å². The fourth-order valence-electron chi connectivity index (χ4n) is 0.684. The molecule has 0 radical (unpaired) electrons. The fourth-order valence-corrected chi connectivity index (χ4v) is 0.684. The number of carbonyl (C=O) groups is 2. The Morgan fingerprint density at radius 3 is 0.808 bits per heavy atom. The number of aliphatic carboxylic acids is 2. The van der Waals surface area contributed by atoms with Gasteiger partial charge in [-0.1, -0.05) is 12.1 Å². The van der Waals surface area contributed by atoms with Gasteiger partial charge in [-0.15, -0.1) is 0 Å². The monoisotopic (exact) mass is 386 g/mol. The first-order valence-electron chi connectivity index (χ1n) is 6.27. The van der Waals surface area contributed by atoms with Gasteiger partial charge in [-0.2, -0.15) is 26.3 Å². The molecule has 0 unspecified atom stereocenters. The van der Waals surface area contributed by atoms with E-state index in [9.17, 15) is 26.3 Å². The van der Waals surface area contributed by atoms with Gasteiger partial charge >= 0.3 is 12.4 Å². The minimum Gasteiger partial charge on any atom is -0.542 e. The normalized spacial score (nSPS) is 9.77. The van der Waals surface area contributed by atoms with Gasteiger partial charge in [-0.05, 0) is 0 Å². The summed E-state index contributed by atoms with van der Waals surface area (Å²) >= 11 is 0. The highest BCUT2D eigenvalue weighted by Gasteiger charge is 2.29. The van der Waals surface area contributed by atoms with Crippen LogP contribution in [0.4, 0.5) is 26.3 Å². The van der Waals surface area contributed by atoms with E-state index in [2.05, 4.69) is 9.97 Å². The Morgan fingerprint density at radius 2 is 0.769 bits per heavy atom. The highest BCUT2D eigenvalue weighted by molar-refractivity contribution is 5.71. The highest BCUT2D eigenvalue weighted by atomic mass is 19.4. The molecule has 0 atom stereocenters. The smallest absolute Gasteiger partial charge is 0.430 e. The number of hydrogen-bond donors (Lipinski definition) is 0. The van der Waals surface area contributed by atoms with E-state index in [1.165, 1.54) is 0 Å². The molecular weight excluding hydrogens is 374 g/mol. The molecule has 0 amide bonds. The number of H-pyrrole nitrogens is 2. The van der Waals surface area contributed by atoms with E-state index < -0.39 is 24.3 Å². The number of carbonyl (C=O) groups excluding carboxylic acids is 2. The Hall–Kier alpha value is -3.18. The van der Waals surface area contributed by atoms with Crippen LogP contribution in [-0.4, -0.2) is 24.3 Å².